The Bertz CT molecular complexity index is 599. The number of ether oxygens (including phenoxy) is 3. The SMILES string of the molecule is CCC(NS(=O)(=O)c1ccc(OC)c(OC)c1)C(=O)OC. The summed E-state index contributed by atoms with van der Waals surface area (Å²) in [4.78, 5) is 11.5. The van der Waals surface area contributed by atoms with E-state index in [1.54, 1.807) is 6.92 Å². The van der Waals surface area contributed by atoms with E-state index in [1.165, 1.54) is 39.5 Å². The average Bonchev–Trinajstić information content (AvgIpc) is 2.50. The summed E-state index contributed by atoms with van der Waals surface area (Å²) in [5.41, 5.74) is 0. The van der Waals surface area contributed by atoms with Crippen LogP contribution in [0.4, 0.5) is 0 Å². The van der Waals surface area contributed by atoms with E-state index < -0.39 is 22.0 Å². The summed E-state index contributed by atoms with van der Waals surface area (Å²) < 4.78 is 41.5. The Morgan fingerprint density at radius 2 is 1.81 bits per heavy atom. The Balaban J connectivity index is 3.10. The predicted octanol–water partition coefficient (Wildman–Crippen LogP) is 0.934. The van der Waals surface area contributed by atoms with Crippen LogP contribution in [0.3, 0.4) is 0 Å². The summed E-state index contributed by atoms with van der Waals surface area (Å²) >= 11 is 0. The van der Waals surface area contributed by atoms with E-state index in [-0.39, 0.29) is 17.1 Å². The highest BCUT2D eigenvalue weighted by molar-refractivity contribution is 7.89. The van der Waals surface area contributed by atoms with Gasteiger partial charge in [-0.05, 0) is 18.6 Å². The third-order valence-electron chi connectivity index (χ3n) is 2.86. The van der Waals surface area contributed by atoms with Crippen molar-refractivity contribution < 1.29 is 27.4 Å². The first-order valence-corrected chi connectivity index (χ1v) is 7.70. The minimum absolute atomic E-state index is 0.0255. The summed E-state index contributed by atoms with van der Waals surface area (Å²) in [5.74, 6) is 0.0597. The van der Waals surface area contributed by atoms with Crippen LogP contribution in [0, 0.1) is 0 Å². The van der Waals surface area contributed by atoms with Gasteiger partial charge in [0.15, 0.2) is 11.5 Å². The molecule has 0 aromatic heterocycles. The number of esters is 1. The second-order valence-electron chi connectivity index (χ2n) is 4.12. The van der Waals surface area contributed by atoms with Gasteiger partial charge in [-0.15, -0.1) is 0 Å². The van der Waals surface area contributed by atoms with Crippen LogP contribution in [0.5, 0.6) is 11.5 Å². The van der Waals surface area contributed by atoms with E-state index in [2.05, 4.69) is 9.46 Å². The highest BCUT2D eigenvalue weighted by Crippen LogP contribution is 2.29. The van der Waals surface area contributed by atoms with Crippen molar-refractivity contribution >= 4 is 16.0 Å². The average molecular weight is 317 g/mol. The van der Waals surface area contributed by atoms with Gasteiger partial charge < -0.3 is 14.2 Å². The van der Waals surface area contributed by atoms with Gasteiger partial charge >= 0.3 is 5.97 Å². The van der Waals surface area contributed by atoms with E-state index >= 15 is 0 Å². The van der Waals surface area contributed by atoms with Crippen molar-refractivity contribution in [3.8, 4) is 11.5 Å². The van der Waals surface area contributed by atoms with Crippen LogP contribution in [-0.4, -0.2) is 41.8 Å². The molecule has 0 fully saturated rings. The Kier molecular flexibility index (Phi) is 5.98. The van der Waals surface area contributed by atoms with Crippen molar-refractivity contribution in [2.75, 3.05) is 21.3 Å². The van der Waals surface area contributed by atoms with E-state index in [4.69, 9.17) is 9.47 Å². The molecule has 1 aromatic rings. The zero-order valence-electron chi connectivity index (χ0n) is 12.4. The van der Waals surface area contributed by atoms with Gasteiger partial charge in [0, 0.05) is 6.07 Å². The van der Waals surface area contributed by atoms with Gasteiger partial charge in [-0.2, -0.15) is 4.72 Å². The maximum atomic E-state index is 12.3. The molecular formula is C13H19NO6S. The van der Waals surface area contributed by atoms with Gasteiger partial charge in [-0.1, -0.05) is 6.92 Å². The van der Waals surface area contributed by atoms with Crippen molar-refractivity contribution in [2.45, 2.75) is 24.3 Å². The van der Waals surface area contributed by atoms with Crippen molar-refractivity contribution in [3.63, 3.8) is 0 Å². The van der Waals surface area contributed by atoms with Gasteiger partial charge in [0.05, 0.1) is 26.2 Å². The number of methoxy groups -OCH3 is 3. The van der Waals surface area contributed by atoms with Gasteiger partial charge in [-0.3, -0.25) is 4.79 Å². The van der Waals surface area contributed by atoms with Crippen molar-refractivity contribution in [2.24, 2.45) is 0 Å². The Hall–Kier alpha value is -1.80. The lowest BCUT2D eigenvalue weighted by Gasteiger charge is -2.15. The number of carbonyl (C=O) groups is 1. The van der Waals surface area contributed by atoms with Crippen LogP contribution in [0.15, 0.2) is 23.1 Å². The van der Waals surface area contributed by atoms with E-state index in [0.717, 1.165) is 0 Å². The third-order valence-corrected chi connectivity index (χ3v) is 4.33. The van der Waals surface area contributed by atoms with Crippen LogP contribution in [0.25, 0.3) is 0 Å². The molecule has 0 amide bonds. The van der Waals surface area contributed by atoms with Crippen LogP contribution in [0.2, 0.25) is 0 Å². The molecule has 21 heavy (non-hydrogen) atoms. The minimum atomic E-state index is -3.87. The molecular weight excluding hydrogens is 298 g/mol. The fourth-order valence-corrected chi connectivity index (χ4v) is 2.96. The molecule has 8 heteroatoms. The number of nitrogens with one attached hydrogen (secondary N) is 1. The summed E-state index contributed by atoms with van der Waals surface area (Å²) in [5, 5.41) is 0. The van der Waals surface area contributed by atoms with E-state index in [9.17, 15) is 13.2 Å². The highest BCUT2D eigenvalue weighted by atomic mass is 32.2. The standard InChI is InChI=1S/C13H19NO6S/c1-5-10(13(15)20-4)14-21(16,17)9-6-7-11(18-2)12(8-9)19-3/h6-8,10,14H,5H2,1-4H3. The lowest BCUT2D eigenvalue weighted by molar-refractivity contribution is -0.142. The van der Waals surface area contributed by atoms with Gasteiger partial charge in [-0.25, -0.2) is 8.42 Å². The summed E-state index contributed by atoms with van der Waals surface area (Å²) in [7, 11) is 0.194. The molecule has 0 aliphatic heterocycles. The minimum Gasteiger partial charge on any atom is -0.493 e. The zero-order chi connectivity index (χ0) is 16.0. The van der Waals surface area contributed by atoms with Crippen LogP contribution in [0.1, 0.15) is 13.3 Å². The molecule has 7 nitrogen and oxygen atoms in total. The van der Waals surface area contributed by atoms with E-state index in [0.29, 0.717) is 5.75 Å². The Morgan fingerprint density at radius 1 is 1.19 bits per heavy atom. The molecule has 0 aliphatic carbocycles. The second-order valence-corrected chi connectivity index (χ2v) is 5.84. The first-order chi connectivity index (χ1) is 9.89. The molecule has 0 aliphatic rings. The smallest absolute Gasteiger partial charge is 0.323 e. The van der Waals surface area contributed by atoms with Crippen LogP contribution in [-0.2, 0) is 19.6 Å². The molecule has 1 aromatic carbocycles. The zero-order valence-corrected chi connectivity index (χ0v) is 13.2. The Labute approximate surface area is 124 Å². The van der Waals surface area contributed by atoms with Gasteiger partial charge in [0.1, 0.15) is 6.04 Å². The lowest BCUT2D eigenvalue weighted by atomic mass is 10.2. The number of carbonyl (C=O) groups excluding carboxylic acids is 1. The molecule has 1 unspecified atom stereocenters. The van der Waals surface area contributed by atoms with E-state index in [1.807, 2.05) is 0 Å². The Morgan fingerprint density at radius 3 is 2.29 bits per heavy atom. The maximum absolute atomic E-state index is 12.3. The molecule has 0 heterocycles. The molecule has 0 radical (unpaired) electrons. The molecule has 0 saturated heterocycles. The highest BCUT2D eigenvalue weighted by Gasteiger charge is 2.25. The molecule has 0 bridgehead atoms. The van der Waals surface area contributed by atoms with Gasteiger partial charge in [0.2, 0.25) is 10.0 Å². The number of sulfonamides is 1. The van der Waals surface area contributed by atoms with Crippen molar-refractivity contribution in [3.05, 3.63) is 18.2 Å². The second kappa shape index (κ2) is 7.28. The van der Waals surface area contributed by atoms with Crippen molar-refractivity contribution in [1.82, 2.24) is 4.72 Å². The lowest BCUT2D eigenvalue weighted by Crippen LogP contribution is -2.40. The predicted molar refractivity (Wildman–Crippen MR) is 76.0 cm³/mol. The monoisotopic (exact) mass is 317 g/mol. The van der Waals surface area contributed by atoms with Crippen molar-refractivity contribution in [1.29, 1.82) is 0 Å². The maximum Gasteiger partial charge on any atom is 0.323 e. The summed E-state index contributed by atoms with van der Waals surface area (Å²) in [6, 6.07) is 3.24. The number of benzene rings is 1. The quantitative estimate of drug-likeness (QED) is 0.752. The van der Waals surface area contributed by atoms with Gasteiger partial charge in [0.25, 0.3) is 0 Å². The first-order valence-electron chi connectivity index (χ1n) is 6.21. The fraction of sp³-hybridized carbons (Fsp3) is 0.462. The number of rotatable bonds is 7. The molecule has 1 rings (SSSR count). The molecule has 0 saturated carbocycles. The summed E-state index contributed by atoms with van der Waals surface area (Å²) in [6.07, 6.45) is 0.277. The fourth-order valence-electron chi connectivity index (χ4n) is 1.68. The topological polar surface area (TPSA) is 90.9 Å². The van der Waals surface area contributed by atoms with Crippen LogP contribution >= 0.6 is 0 Å². The first kappa shape index (κ1) is 17.3. The molecule has 1 atom stereocenters. The normalized spacial score (nSPS) is 12.6. The molecule has 0 spiro atoms. The number of hydrogen-bond acceptors (Lipinski definition) is 6. The molecule has 1 N–H and O–H groups in total. The largest absolute Gasteiger partial charge is 0.493 e. The van der Waals surface area contributed by atoms with Crippen LogP contribution < -0.4 is 14.2 Å². The number of hydrogen-bond donors (Lipinski definition) is 1. The molecule has 118 valence electrons. The third kappa shape index (κ3) is 4.08. The summed E-state index contributed by atoms with van der Waals surface area (Å²) in [6.45, 7) is 1.68.